The van der Waals surface area contributed by atoms with Gasteiger partial charge in [0.2, 0.25) is 0 Å². The molecule has 2 aromatic rings. The molecule has 0 saturated carbocycles. The molecule has 0 spiro atoms. The SMILES string of the molecule is CN(C)C(=N)c1nccnc1-c1ccc(N)cc1. The van der Waals surface area contributed by atoms with Gasteiger partial charge in [-0.2, -0.15) is 0 Å². The first-order valence-corrected chi connectivity index (χ1v) is 5.53. The van der Waals surface area contributed by atoms with Crippen molar-refractivity contribution in [3.8, 4) is 11.3 Å². The Labute approximate surface area is 106 Å². The highest BCUT2D eigenvalue weighted by Gasteiger charge is 2.13. The summed E-state index contributed by atoms with van der Waals surface area (Å²) in [5, 5.41) is 8.02. The molecule has 0 bridgehead atoms. The van der Waals surface area contributed by atoms with Gasteiger partial charge in [-0.3, -0.25) is 10.4 Å². The monoisotopic (exact) mass is 241 g/mol. The fraction of sp³-hybridized carbons (Fsp3) is 0.154. The van der Waals surface area contributed by atoms with Gasteiger partial charge < -0.3 is 10.6 Å². The molecule has 18 heavy (non-hydrogen) atoms. The minimum Gasteiger partial charge on any atom is -0.399 e. The summed E-state index contributed by atoms with van der Waals surface area (Å²) in [5.41, 5.74) is 8.52. The van der Waals surface area contributed by atoms with Gasteiger partial charge in [-0.1, -0.05) is 12.1 Å². The number of rotatable bonds is 2. The number of benzene rings is 1. The minimum atomic E-state index is 0.329. The zero-order chi connectivity index (χ0) is 13.1. The molecule has 5 heteroatoms. The van der Waals surface area contributed by atoms with E-state index in [-0.39, 0.29) is 0 Å². The molecule has 0 aliphatic carbocycles. The third kappa shape index (κ3) is 2.29. The highest BCUT2D eigenvalue weighted by Crippen LogP contribution is 2.21. The van der Waals surface area contributed by atoms with E-state index in [1.54, 1.807) is 17.3 Å². The van der Waals surface area contributed by atoms with Gasteiger partial charge in [0.15, 0.2) is 0 Å². The van der Waals surface area contributed by atoms with Crippen molar-refractivity contribution in [2.45, 2.75) is 0 Å². The van der Waals surface area contributed by atoms with Gasteiger partial charge in [0, 0.05) is 37.7 Å². The largest absolute Gasteiger partial charge is 0.399 e. The highest BCUT2D eigenvalue weighted by atomic mass is 15.1. The summed E-state index contributed by atoms with van der Waals surface area (Å²) in [5.74, 6) is 0.329. The number of amidine groups is 1. The summed E-state index contributed by atoms with van der Waals surface area (Å²) in [6.07, 6.45) is 3.21. The van der Waals surface area contributed by atoms with Gasteiger partial charge in [0.05, 0.1) is 5.69 Å². The first-order chi connectivity index (χ1) is 8.59. The molecule has 0 amide bonds. The van der Waals surface area contributed by atoms with Crippen molar-refractivity contribution in [3.05, 3.63) is 42.4 Å². The molecule has 0 atom stereocenters. The maximum Gasteiger partial charge on any atom is 0.148 e. The summed E-state index contributed by atoms with van der Waals surface area (Å²) >= 11 is 0. The smallest absolute Gasteiger partial charge is 0.148 e. The van der Waals surface area contributed by atoms with Gasteiger partial charge in [0.1, 0.15) is 11.5 Å². The number of nitrogens with zero attached hydrogens (tertiary/aromatic N) is 3. The van der Waals surface area contributed by atoms with E-state index in [0.29, 0.717) is 22.9 Å². The molecule has 1 aromatic heterocycles. The van der Waals surface area contributed by atoms with Crippen LogP contribution in [0.2, 0.25) is 0 Å². The normalized spacial score (nSPS) is 10.1. The van der Waals surface area contributed by atoms with Crippen molar-refractivity contribution in [2.24, 2.45) is 0 Å². The van der Waals surface area contributed by atoms with Crippen LogP contribution >= 0.6 is 0 Å². The predicted octanol–water partition coefficient (Wildman–Crippen LogP) is 1.61. The molecule has 92 valence electrons. The zero-order valence-electron chi connectivity index (χ0n) is 10.4. The van der Waals surface area contributed by atoms with Gasteiger partial charge in [-0.05, 0) is 12.1 Å². The lowest BCUT2D eigenvalue weighted by atomic mass is 10.1. The first kappa shape index (κ1) is 12.0. The van der Waals surface area contributed by atoms with Crippen LogP contribution in [0.4, 0.5) is 5.69 Å². The Hall–Kier alpha value is -2.43. The molecule has 1 aromatic carbocycles. The van der Waals surface area contributed by atoms with Crippen molar-refractivity contribution in [2.75, 3.05) is 19.8 Å². The number of nitrogen functional groups attached to an aromatic ring is 1. The van der Waals surface area contributed by atoms with Gasteiger partial charge >= 0.3 is 0 Å². The number of nitrogens with two attached hydrogens (primary N) is 1. The zero-order valence-corrected chi connectivity index (χ0v) is 10.4. The molecule has 0 radical (unpaired) electrons. The Morgan fingerprint density at radius 2 is 1.72 bits per heavy atom. The van der Waals surface area contributed by atoms with Crippen LogP contribution in [0.25, 0.3) is 11.3 Å². The maximum atomic E-state index is 8.02. The molecule has 0 unspecified atom stereocenters. The number of hydrogen-bond acceptors (Lipinski definition) is 4. The second-order valence-corrected chi connectivity index (χ2v) is 4.12. The fourth-order valence-corrected chi connectivity index (χ4v) is 1.58. The van der Waals surface area contributed by atoms with E-state index >= 15 is 0 Å². The first-order valence-electron chi connectivity index (χ1n) is 5.53. The Morgan fingerprint density at radius 1 is 1.11 bits per heavy atom. The molecular weight excluding hydrogens is 226 g/mol. The van der Waals surface area contributed by atoms with Gasteiger partial charge in [-0.25, -0.2) is 4.98 Å². The second-order valence-electron chi connectivity index (χ2n) is 4.12. The number of anilines is 1. The van der Waals surface area contributed by atoms with Crippen molar-refractivity contribution < 1.29 is 0 Å². The minimum absolute atomic E-state index is 0.329. The third-order valence-corrected chi connectivity index (χ3v) is 2.55. The lowest BCUT2D eigenvalue weighted by molar-refractivity contribution is 0.616. The molecule has 2 rings (SSSR count). The van der Waals surface area contributed by atoms with Crippen LogP contribution in [0.5, 0.6) is 0 Å². The third-order valence-electron chi connectivity index (χ3n) is 2.55. The van der Waals surface area contributed by atoms with Crippen molar-refractivity contribution in [3.63, 3.8) is 0 Å². The molecule has 0 aliphatic rings. The standard InChI is InChI=1S/C13H15N5/c1-18(2)13(15)12-11(16-7-8-17-12)9-3-5-10(14)6-4-9/h3-8,15H,14H2,1-2H3. The molecule has 3 N–H and O–H groups in total. The number of nitrogens with one attached hydrogen (secondary N) is 1. The van der Waals surface area contributed by atoms with Crippen molar-refractivity contribution >= 4 is 11.5 Å². The molecule has 0 saturated heterocycles. The molecular formula is C13H15N5. The Balaban J connectivity index is 2.51. The second kappa shape index (κ2) is 4.83. The lowest BCUT2D eigenvalue weighted by Gasteiger charge is -2.15. The van der Waals surface area contributed by atoms with Crippen LogP contribution in [0.3, 0.4) is 0 Å². The quantitative estimate of drug-likeness (QED) is 0.475. The Bertz CT molecular complexity index is 560. The maximum absolute atomic E-state index is 8.02. The summed E-state index contributed by atoms with van der Waals surface area (Å²) in [6.45, 7) is 0. The van der Waals surface area contributed by atoms with E-state index in [9.17, 15) is 0 Å². The highest BCUT2D eigenvalue weighted by molar-refractivity contribution is 5.99. The number of hydrogen-bond donors (Lipinski definition) is 2. The van der Waals surface area contributed by atoms with Gasteiger partial charge in [-0.15, -0.1) is 0 Å². The van der Waals surface area contributed by atoms with Crippen LogP contribution in [0.1, 0.15) is 5.69 Å². The van der Waals surface area contributed by atoms with E-state index in [1.807, 2.05) is 38.4 Å². The summed E-state index contributed by atoms with van der Waals surface area (Å²) in [4.78, 5) is 10.2. The molecule has 0 aliphatic heterocycles. The van der Waals surface area contributed by atoms with Crippen LogP contribution in [0.15, 0.2) is 36.7 Å². The molecule has 0 fully saturated rings. The molecule has 5 nitrogen and oxygen atoms in total. The summed E-state index contributed by atoms with van der Waals surface area (Å²) in [7, 11) is 3.62. The van der Waals surface area contributed by atoms with E-state index in [1.165, 1.54) is 0 Å². The lowest BCUT2D eigenvalue weighted by Crippen LogP contribution is -2.23. The summed E-state index contributed by atoms with van der Waals surface area (Å²) < 4.78 is 0. The predicted molar refractivity (Wildman–Crippen MR) is 72.4 cm³/mol. The van der Waals surface area contributed by atoms with Crippen LogP contribution in [0, 0.1) is 5.41 Å². The van der Waals surface area contributed by atoms with E-state index < -0.39 is 0 Å². The average Bonchev–Trinajstić information content (AvgIpc) is 2.39. The van der Waals surface area contributed by atoms with E-state index in [0.717, 1.165) is 5.56 Å². The van der Waals surface area contributed by atoms with Crippen LogP contribution < -0.4 is 5.73 Å². The van der Waals surface area contributed by atoms with Gasteiger partial charge in [0.25, 0.3) is 0 Å². The Kier molecular flexibility index (Phi) is 3.23. The Morgan fingerprint density at radius 3 is 2.33 bits per heavy atom. The average molecular weight is 241 g/mol. The topological polar surface area (TPSA) is 78.9 Å². The fourth-order valence-electron chi connectivity index (χ4n) is 1.58. The van der Waals surface area contributed by atoms with E-state index in [2.05, 4.69) is 9.97 Å². The van der Waals surface area contributed by atoms with E-state index in [4.69, 9.17) is 11.1 Å². The van der Waals surface area contributed by atoms with Crippen molar-refractivity contribution in [1.82, 2.24) is 14.9 Å². The van der Waals surface area contributed by atoms with Crippen LogP contribution in [-0.4, -0.2) is 34.8 Å². The summed E-state index contributed by atoms with van der Waals surface area (Å²) in [6, 6.07) is 7.39. The number of aromatic nitrogens is 2. The molecule has 1 heterocycles. The van der Waals surface area contributed by atoms with Crippen molar-refractivity contribution in [1.29, 1.82) is 5.41 Å². The van der Waals surface area contributed by atoms with Crippen LogP contribution in [-0.2, 0) is 0 Å².